The Hall–Kier alpha value is -2.35. The fraction of sp³-hybridized carbons (Fsp3) is 0.400. The minimum atomic E-state index is -0.336. The molecule has 0 N–H and O–H groups in total. The van der Waals surface area contributed by atoms with Crippen LogP contribution in [0.25, 0.3) is 0 Å². The Morgan fingerprint density at radius 2 is 2.05 bits per heavy atom. The molecule has 0 aromatic heterocycles. The number of esters is 1. The SMILES string of the molecule is COC(=O)[C@H]1C[C@H]1C(=O)N(CCC#N)c1ccccc1. The van der Waals surface area contributed by atoms with Gasteiger partial charge in [-0.1, -0.05) is 18.2 Å². The summed E-state index contributed by atoms with van der Waals surface area (Å²) < 4.78 is 4.66. The summed E-state index contributed by atoms with van der Waals surface area (Å²) in [7, 11) is 1.33. The van der Waals surface area contributed by atoms with Gasteiger partial charge in [0.1, 0.15) is 0 Å². The van der Waals surface area contributed by atoms with E-state index in [-0.39, 0.29) is 30.1 Å². The number of nitriles is 1. The number of hydrogen-bond acceptors (Lipinski definition) is 4. The number of rotatable bonds is 5. The molecule has 1 aromatic carbocycles. The monoisotopic (exact) mass is 272 g/mol. The Morgan fingerprint density at radius 1 is 1.35 bits per heavy atom. The summed E-state index contributed by atoms with van der Waals surface area (Å²) in [5.74, 6) is -1.10. The number of hydrogen-bond donors (Lipinski definition) is 0. The van der Waals surface area contributed by atoms with Gasteiger partial charge in [0.15, 0.2) is 0 Å². The van der Waals surface area contributed by atoms with Crippen LogP contribution in [0, 0.1) is 23.2 Å². The molecule has 0 unspecified atom stereocenters. The fourth-order valence-electron chi connectivity index (χ4n) is 2.22. The highest BCUT2D eigenvalue weighted by Crippen LogP contribution is 2.41. The van der Waals surface area contributed by atoms with E-state index in [9.17, 15) is 9.59 Å². The van der Waals surface area contributed by atoms with Gasteiger partial charge in [-0.2, -0.15) is 5.26 Å². The maximum atomic E-state index is 12.5. The van der Waals surface area contributed by atoms with Crippen molar-refractivity contribution < 1.29 is 14.3 Å². The summed E-state index contributed by atoms with van der Waals surface area (Å²) in [5.41, 5.74) is 0.753. The topological polar surface area (TPSA) is 70.4 Å². The Morgan fingerprint density at radius 3 is 2.65 bits per heavy atom. The van der Waals surface area contributed by atoms with Gasteiger partial charge in [0, 0.05) is 12.2 Å². The fourth-order valence-corrected chi connectivity index (χ4v) is 2.22. The van der Waals surface area contributed by atoms with Crippen LogP contribution in [0.1, 0.15) is 12.8 Å². The molecule has 0 bridgehead atoms. The first-order valence-electron chi connectivity index (χ1n) is 6.50. The molecule has 1 aliphatic carbocycles. The van der Waals surface area contributed by atoms with Crippen LogP contribution in [-0.2, 0) is 14.3 Å². The summed E-state index contributed by atoms with van der Waals surface area (Å²) in [5, 5.41) is 8.71. The first-order chi connectivity index (χ1) is 9.69. The van der Waals surface area contributed by atoms with Crippen LogP contribution in [0.3, 0.4) is 0 Å². The van der Waals surface area contributed by atoms with Gasteiger partial charge >= 0.3 is 5.97 Å². The lowest BCUT2D eigenvalue weighted by Crippen LogP contribution is -2.34. The molecule has 1 fully saturated rings. The molecule has 2 rings (SSSR count). The van der Waals surface area contributed by atoms with Gasteiger partial charge in [-0.05, 0) is 18.6 Å². The van der Waals surface area contributed by atoms with Crippen LogP contribution < -0.4 is 4.90 Å². The lowest BCUT2D eigenvalue weighted by Gasteiger charge is -2.21. The third kappa shape index (κ3) is 2.97. The van der Waals surface area contributed by atoms with E-state index < -0.39 is 0 Å². The van der Waals surface area contributed by atoms with E-state index in [1.54, 1.807) is 4.90 Å². The van der Waals surface area contributed by atoms with Crippen LogP contribution in [0.5, 0.6) is 0 Å². The zero-order valence-corrected chi connectivity index (χ0v) is 11.3. The van der Waals surface area contributed by atoms with Crippen LogP contribution >= 0.6 is 0 Å². The van der Waals surface area contributed by atoms with E-state index in [2.05, 4.69) is 4.74 Å². The number of anilines is 1. The minimum Gasteiger partial charge on any atom is -0.469 e. The highest BCUT2D eigenvalue weighted by atomic mass is 16.5. The third-order valence-corrected chi connectivity index (χ3v) is 3.39. The normalized spacial score (nSPS) is 19.8. The van der Waals surface area contributed by atoms with Gasteiger partial charge in [0.25, 0.3) is 0 Å². The van der Waals surface area contributed by atoms with Crippen molar-refractivity contribution in [2.24, 2.45) is 11.8 Å². The first kappa shape index (κ1) is 14.1. The molecule has 2 atom stereocenters. The second-order valence-corrected chi connectivity index (χ2v) is 4.71. The van der Waals surface area contributed by atoms with Crippen molar-refractivity contribution in [3.63, 3.8) is 0 Å². The van der Waals surface area contributed by atoms with Gasteiger partial charge in [-0.25, -0.2) is 0 Å². The smallest absolute Gasteiger partial charge is 0.309 e. The van der Waals surface area contributed by atoms with Crippen molar-refractivity contribution in [2.75, 3.05) is 18.6 Å². The average molecular weight is 272 g/mol. The highest BCUT2D eigenvalue weighted by Gasteiger charge is 2.50. The second-order valence-electron chi connectivity index (χ2n) is 4.71. The van der Waals surface area contributed by atoms with Crippen molar-refractivity contribution in [2.45, 2.75) is 12.8 Å². The quantitative estimate of drug-likeness (QED) is 0.765. The number of methoxy groups -OCH3 is 1. The Labute approximate surface area is 117 Å². The Kier molecular flexibility index (Phi) is 4.36. The maximum Gasteiger partial charge on any atom is 0.309 e. The van der Waals surface area contributed by atoms with Crippen molar-refractivity contribution in [3.8, 4) is 6.07 Å². The summed E-state index contributed by atoms with van der Waals surface area (Å²) in [4.78, 5) is 25.4. The molecule has 5 nitrogen and oxygen atoms in total. The number of carbonyl (C=O) groups excluding carboxylic acids is 2. The number of para-hydroxylation sites is 1. The lowest BCUT2D eigenvalue weighted by molar-refractivity contribution is -0.143. The number of amides is 1. The molecule has 20 heavy (non-hydrogen) atoms. The van der Waals surface area contributed by atoms with Crippen molar-refractivity contribution in [1.29, 1.82) is 5.26 Å². The molecule has 1 aromatic rings. The molecular weight excluding hydrogens is 256 g/mol. The molecule has 104 valence electrons. The van der Waals surface area contributed by atoms with Gasteiger partial charge in [0.2, 0.25) is 5.91 Å². The zero-order chi connectivity index (χ0) is 14.5. The predicted octanol–water partition coefficient (Wildman–Crippen LogP) is 1.74. The molecule has 1 aliphatic rings. The summed E-state index contributed by atoms with van der Waals surface area (Å²) in [6, 6.07) is 11.2. The van der Waals surface area contributed by atoms with Crippen LogP contribution in [-0.4, -0.2) is 25.5 Å². The van der Waals surface area contributed by atoms with Gasteiger partial charge < -0.3 is 9.64 Å². The number of nitrogens with zero attached hydrogens (tertiary/aromatic N) is 2. The van der Waals surface area contributed by atoms with Gasteiger partial charge in [0.05, 0.1) is 31.4 Å². The van der Waals surface area contributed by atoms with Crippen LogP contribution in [0.4, 0.5) is 5.69 Å². The zero-order valence-electron chi connectivity index (χ0n) is 11.3. The molecule has 1 saturated carbocycles. The maximum absolute atomic E-state index is 12.5. The lowest BCUT2D eigenvalue weighted by atomic mass is 10.2. The molecule has 1 amide bonds. The minimum absolute atomic E-state index is 0.109. The summed E-state index contributed by atoms with van der Waals surface area (Å²) in [6.45, 7) is 0.337. The van der Waals surface area contributed by atoms with Crippen LogP contribution in [0.15, 0.2) is 30.3 Å². The molecule has 0 saturated heterocycles. The standard InChI is InChI=1S/C15H16N2O3/c1-20-15(19)13-10-12(13)14(18)17(9-5-8-16)11-6-3-2-4-7-11/h2-4,6-7,12-13H,5,9-10H2,1H3/t12-,13+/m1/s1. The molecule has 0 radical (unpaired) electrons. The van der Waals surface area contributed by atoms with E-state index in [1.165, 1.54) is 7.11 Å². The molecule has 5 heteroatoms. The predicted molar refractivity (Wildman–Crippen MR) is 72.6 cm³/mol. The summed E-state index contributed by atoms with van der Waals surface area (Å²) in [6.07, 6.45) is 0.789. The molecule has 0 heterocycles. The summed E-state index contributed by atoms with van der Waals surface area (Å²) >= 11 is 0. The second kappa shape index (κ2) is 6.20. The van der Waals surface area contributed by atoms with E-state index in [1.807, 2.05) is 36.4 Å². The van der Waals surface area contributed by atoms with Crippen molar-refractivity contribution >= 4 is 17.6 Å². The molecule has 0 aliphatic heterocycles. The van der Waals surface area contributed by atoms with E-state index >= 15 is 0 Å². The van der Waals surface area contributed by atoms with E-state index in [0.29, 0.717) is 13.0 Å². The highest BCUT2D eigenvalue weighted by molar-refractivity contribution is 6.00. The van der Waals surface area contributed by atoms with Crippen LogP contribution in [0.2, 0.25) is 0 Å². The van der Waals surface area contributed by atoms with Gasteiger partial charge in [-0.15, -0.1) is 0 Å². The Balaban J connectivity index is 2.10. The number of carbonyl (C=O) groups is 2. The van der Waals surface area contributed by atoms with Crippen molar-refractivity contribution in [3.05, 3.63) is 30.3 Å². The third-order valence-electron chi connectivity index (χ3n) is 3.39. The molecule has 0 spiro atoms. The number of benzene rings is 1. The van der Waals surface area contributed by atoms with E-state index in [4.69, 9.17) is 5.26 Å². The number of ether oxygens (including phenoxy) is 1. The van der Waals surface area contributed by atoms with Gasteiger partial charge in [-0.3, -0.25) is 9.59 Å². The van der Waals surface area contributed by atoms with Crippen molar-refractivity contribution in [1.82, 2.24) is 0 Å². The first-order valence-corrected chi connectivity index (χ1v) is 6.50. The largest absolute Gasteiger partial charge is 0.469 e. The Bertz CT molecular complexity index is 536. The van der Waals surface area contributed by atoms with E-state index in [0.717, 1.165) is 5.69 Å². The molecular formula is C15H16N2O3. The average Bonchev–Trinajstić information content (AvgIpc) is 3.28.